The second-order valence-corrected chi connectivity index (χ2v) is 6.00. The number of hydrogen-bond acceptors (Lipinski definition) is 3. The SMILES string of the molecule is COC(=O)C1CC2C3CC1CC2CN(C)C3. The van der Waals surface area contributed by atoms with Crippen molar-refractivity contribution in [1.29, 1.82) is 0 Å². The molecular formula is C13H21NO2. The number of esters is 1. The van der Waals surface area contributed by atoms with Crippen LogP contribution in [0.1, 0.15) is 19.3 Å². The molecule has 3 aliphatic carbocycles. The van der Waals surface area contributed by atoms with E-state index < -0.39 is 0 Å². The third-order valence-corrected chi connectivity index (χ3v) is 5.11. The quantitative estimate of drug-likeness (QED) is 0.629. The fourth-order valence-corrected chi connectivity index (χ4v) is 4.54. The van der Waals surface area contributed by atoms with Crippen LogP contribution in [-0.4, -0.2) is 38.1 Å². The number of methoxy groups -OCH3 is 1. The average Bonchev–Trinajstić information content (AvgIpc) is 2.26. The zero-order chi connectivity index (χ0) is 11.3. The maximum atomic E-state index is 11.7. The molecule has 1 aliphatic heterocycles. The van der Waals surface area contributed by atoms with Gasteiger partial charge < -0.3 is 9.64 Å². The van der Waals surface area contributed by atoms with Gasteiger partial charge in [0.1, 0.15) is 0 Å². The molecule has 0 amide bonds. The molecule has 3 nitrogen and oxygen atoms in total. The standard InChI is InChI=1S/C13H21NO2/c1-14-6-9-3-8-4-10(7-14)11(9)5-12(8)13(15)16-2/h8-12H,3-7H2,1-2H3. The largest absolute Gasteiger partial charge is 0.469 e. The van der Waals surface area contributed by atoms with Gasteiger partial charge in [-0.3, -0.25) is 4.79 Å². The van der Waals surface area contributed by atoms with E-state index in [1.807, 2.05) is 0 Å². The van der Waals surface area contributed by atoms with Crippen LogP contribution in [0.2, 0.25) is 0 Å². The third kappa shape index (κ3) is 1.48. The van der Waals surface area contributed by atoms with Gasteiger partial charge in [-0.1, -0.05) is 0 Å². The molecule has 0 spiro atoms. The summed E-state index contributed by atoms with van der Waals surface area (Å²) in [6.45, 7) is 2.48. The highest BCUT2D eigenvalue weighted by molar-refractivity contribution is 5.73. The van der Waals surface area contributed by atoms with Gasteiger partial charge >= 0.3 is 5.97 Å². The van der Waals surface area contributed by atoms with Crippen molar-refractivity contribution in [3.05, 3.63) is 0 Å². The molecule has 0 N–H and O–H groups in total. The summed E-state index contributed by atoms with van der Waals surface area (Å²) in [7, 11) is 3.76. The Balaban J connectivity index is 1.77. The van der Waals surface area contributed by atoms with Gasteiger partial charge in [0, 0.05) is 13.1 Å². The van der Waals surface area contributed by atoms with Crippen LogP contribution in [-0.2, 0) is 9.53 Å². The Morgan fingerprint density at radius 2 is 1.75 bits per heavy atom. The predicted molar refractivity (Wildman–Crippen MR) is 60.8 cm³/mol. The number of piperidine rings is 1. The molecule has 4 aliphatic rings. The summed E-state index contributed by atoms with van der Waals surface area (Å²) in [6.07, 6.45) is 3.61. The normalized spacial score (nSPS) is 46.8. The first kappa shape index (κ1) is 10.6. The number of carbonyl (C=O) groups is 1. The van der Waals surface area contributed by atoms with E-state index in [9.17, 15) is 4.79 Å². The Hall–Kier alpha value is -0.570. The zero-order valence-electron chi connectivity index (χ0n) is 10.2. The molecule has 4 bridgehead atoms. The maximum absolute atomic E-state index is 11.7. The van der Waals surface area contributed by atoms with Gasteiger partial charge in [0.15, 0.2) is 0 Å². The Labute approximate surface area is 97.1 Å². The molecule has 0 aromatic heterocycles. The number of hydrogen-bond donors (Lipinski definition) is 0. The molecule has 0 aromatic rings. The Morgan fingerprint density at radius 1 is 1.12 bits per heavy atom. The van der Waals surface area contributed by atoms with Gasteiger partial charge in [-0.25, -0.2) is 0 Å². The van der Waals surface area contributed by atoms with Crippen LogP contribution >= 0.6 is 0 Å². The zero-order valence-corrected chi connectivity index (χ0v) is 10.2. The molecule has 4 rings (SSSR count). The third-order valence-electron chi connectivity index (χ3n) is 5.11. The summed E-state index contributed by atoms with van der Waals surface area (Å²) in [4.78, 5) is 14.2. The van der Waals surface area contributed by atoms with Crippen molar-refractivity contribution < 1.29 is 9.53 Å². The first-order valence-corrected chi connectivity index (χ1v) is 6.45. The van der Waals surface area contributed by atoms with Crippen LogP contribution in [0.25, 0.3) is 0 Å². The van der Waals surface area contributed by atoms with Crippen molar-refractivity contribution in [2.75, 3.05) is 27.2 Å². The minimum atomic E-state index is 0.0424. The molecule has 3 heteroatoms. The highest BCUT2D eigenvalue weighted by Crippen LogP contribution is 2.53. The fourth-order valence-electron chi connectivity index (χ4n) is 4.54. The Morgan fingerprint density at radius 3 is 2.25 bits per heavy atom. The van der Waals surface area contributed by atoms with Gasteiger partial charge in [-0.2, -0.15) is 0 Å². The fraction of sp³-hybridized carbons (Fsp3) is 0.923. The smallest absolute Gasteiger partial charge is 0.308 e. The molecule has 1 heterocycles. The lowest BCUT2D eigenvalue weighted by Crippen LogP contribution is -2.55. The Bertz CT molecular complexity index is 288. The molecular weight excluding hydrogens is 202 g/mol. The van der Waals surface area contributed by atoms with Crippen molar-refractivity contribution in [2.24, 2.45) is 29.6 Å². The molecule has 90 valence electrons. The van der Waals surface area contributed by atoms with E-state index in [1.54, 1.807) is 0 Å². The van der Waals surface area contributed by atoms with Crippen LogP contribution in [0, 0.1) is 29.6 Å². The molecule has 3 saturated carbocycles. The van der Waals surface area contributed by atoms with Crippen LogP contribution in [0.15, 0.2) is 0 Å². The minimum Gasteiger partial charge on any atom is -0.469 e. The second-order valence-electron chi connectivity index (χ2n) is 6.00. The summed E-state index contributed by atoms with van der Waals surface area (Å²) in [5, 5.41) is 0. The first-order valence-electron chi connectivity index (χ1n) is 6.45. The maximum Gasteiger partial charge on any atom is 0.308 e. The van der Waals surface area contributed by atoms with Gasteiger partial charge in [0.25, 0.3) is 0 Å². The summed E-state index contributed by atoms with van der Waals surface area (Å²) in [5.41, 5.74) is 0. The summed E-state index contributed by atoms with van der Waals surface area (Å²) in [6, 6.07) is 0. The minimum absolute atomic E-state index is 0.0424. The van der Waals surface area contributed by atoms with E-state index in [0.717, 1.165) is 24.2 Å². The number of carbonyl (C=O) groups excluding carboxylic acids is 1. The van der Waals surface area contributed by atoms with Gasteiger partial charge in [0.2, 0.25) is 0 Å². The van der Waals surface area contributed by atoms with E-state index in [4.69, 9.17) is 4.74 Å². The Kier molecular flexibility index (Phi) is 2.46. The van der Waals surface area contributed by atoms with Crippen LogP contribution < -0.4 is 0 Å². The average molecular weight is 223 g/mol. The van der Waals surface area contributed by atoms with Crippen molar-refractivity contribution in [1.82, 2.24) is 4.90 Å². The van der Waals surface area contributed by atoms with Crippen LogP contribution in [0.3, 0.4) is 0 Å². The summed E-state index contributed by atoms with van der Waals surface area (Å²) < 4.78 is 4.94. The predicted octanol–water partition coefficient (Wildman–Crippen LogP) is 1.38. The molecule has 3 atom stereocenters. The van der Waals surface area contributed by atoms with E-state index in [2.05, 4.69) is 11.9 Å². The molecule has 0 aromatic carbocycles. The van der Waals surface area contributed by atoms with Crippen LogP contribution in [0.4, 0.5) is 0 Å². The number of nitrogens with zero attached hydrogens (tertiary/aromatic N) is 1. The van der Waals surface area contributed by atoms with E-state index in [1.165, 1.54) is 33.0 Å². The summed E-state index contributed by atoms with van der Waals surface area (Å²) in [5.74, 6) is 3.37. The molecule has 3 unspecified atom stereocenters. The van der Waals surface area contributed by atoms with E-state index in [-0.39, 0.29) is 11.9 Å². The van der Waals surface area contributed by atoms with Crippen molar-refractivity contribution in [2.45, 2.75) is 19.3 Å². The van der Waals surface area contributed by atoms with Crippen molar-refractivity contribution >= 4 is 5.97 Å². The summed E-state index contributed by atoms with van der Waals surface area (Å²) >= 11 is 0. The monoisotopic (exact) mass is 223 g/mol. The molecule has 1 saturated heterocycles. The van der Waals surface area contributed by atoms with Crippen molar-refractivity contribution in [3.63, 3.8) is 0 Å². The molecule has 16 heavy (non-hydrogen) atoms. The van der Waals surface area contributed by atoms with Gasteiger partial charge in [-0.05, 0) is 50.0 Å². The second kappa shape index (κ2) is 3.73. The van der Waals surface area contributed by atoms with Crippen LogP contribution in [0.5, 0.6) is 0 Å². The van der Waals surface area contributed by atoms with E-state index >= 15 is 0 Å². The number of rotatable bonds is 1. The lowest BCUT2D eigenvalue weighted by atomic mass is 9.54. The van der Waals surface area contributed by atoms with E-state index in [0.29, 0.717) is 5.92 Å². The van der Waals surface area contributed by atoms with Gasteiger partial charge in [-0.15, -0.1) is 0 Å². The number of likely N-dealkylation sites (tertiary alicyclic amines) is 1. The first-order chi connectivity index (χ1) is 7.69. The molecule has 4 fully saturated rings. The lowest BCUT2D eigenvalue weighted by molar-refractivity contribution is -0.158. The topological polar surface area (TPSA) is 29.5 Å². The van der Waals surface area contributed by atoms with Gasteiger partial charge in [0.05, 0.1) is 13.0 Å². The van der Waals surface area contributed by atoms with Crippen molar-refractivity contribution in [3.8, 4) is 0 Å². The highest BCUT2D eigenvalue weighted by Gasteiger charge is 2.51. The highest BCUT2D eigenvalue weighted by atomic mass is 16.5. The molecule has 0 radical (unpaired) electrons. The lowest BCUT2D eigenvalue weighted by Gasteiger charge is -2.55. The number of fused-ring (bicyclic) bond motifs is 1. The number of ether oxygens (including phenoxy) is 1.